The average molecular weight is 220 g/mol. The van der Waals surface area contributed by atoms with Crippen molar-refractivity contribution in [1.29, 1.82) is 0 Å². The summed E-state index contributed by atoms with van der Waals surface area (Å²) in [6, 6.07) is 7.94. The average Bonchev–Trinajstić information content (AvgIpc) is 2.31. The zero-order chi connectivity index (χ0) is 11.8. The number of aryl methyl sites for hydroxylation is 1. The molecule has 3 N–H and O–H groups in total. The molecule has 0 aliphatic carbocycles. The highest BCUT2D eigenvalue weighted by Crippen LogP contribution is 2.09. The lowest BCUT2D eigenvalue weighted by molar-refractivity contribution is -0.122. The molecule has 1 fully saturated rings. The Morgan fingerprint density at radius 3 is 2.44 bits per heavy atom. The molecule has 1 heterocycles. The number of amides is 1. The third kappa shape index (κ3) is 4.34. The molecule has 0 saturated carbocycles. The molecular formula is C13H20N2O. The van der Waals surface area contributed by atoms with Crippen molar-refractivity contribution in [3.05, 3.63) is 29.8 Å². The number of hydrogen-bond acceptors (Lipinski definition) is 2. The van der Waals surface area contributed by atoms with Crippen LogP contribution in [0.2, 0.25) is 0 Å². The number of benzene rings is 1. The Bertz CT molecular complexity index is 328. The number of carbonyl (C=O) groups is 1. The molecule has 3 nitrogen and oxygen atoms in total. The van der Waals surface area contributed by atoms with E-state index in [2.05, 4.69) is 18.3 Å². The first-order chi connectivity index (χ1) is 7.74. The van der Waals surface area contributed by atoms with Crippen LogP contribution in [-0.2, 0) is 11.2 Å². The van der Waals surface area contributed by atoms with E-state index in [9.17, 15) is 4.79 Å². The maximum atomic E-state index is 10.4. The van der Waals surface area contributed by atoms with Crippen molar-refractivity contribution in [1.82, 2.24) is 5.32 Å². The van der Waals surface area contributed by atoms with Crippen LogP contribution in [0.15, 0.2) is 24.3 Å². The van der Waals surface area contributed by atoms with E-state index >= 15 is 0 Å². The van der Waals surface area contributed by atoms with E-state index in [1.165, 1.54) is 5.56 Å². The standard InChI is InChI=1S/C8H11N.C5H9NO/c1-2-7-5-3-4-6-8(7)9;7-5-3-1-2-4-6-5/h3-6H,2,9H2,1H3;1-4H2,(H,6,7). The van der Waals surface area contributed by atoms with Gasteiger partial charge < -0.3 is 11.1 Å². The van der Waals surface area contributed by atoms with Crippen molar-refractivity contribution in [3.8, 4) is 0 Å². The van der Waals surface area contributed by atoms with Gasteiger partial charge in [-0.05, 0) is 30.9 Å². The predicted molar refractivity (Wildman–Crippen MR) is 67.1 cm³/mol. The minimum atomic E-state index is 0.214. The Kier molecular flexibility index (Phi) is 5.40. The van der Waals surface area contributed by atoms with Gasteiger partial charge in [0.2, 0.25) is 5.91 Å². The molecule has 0 bridgehead atoms. The van der Waals surface area contributed by atoms with Crippen LogP contribution in [0.5, 0.6) is 0 Å². The fourth-order valence-corrected chi connectivity index (χ4v) is 1.58. The zero-order valence-electron chi connectivity index (χ0n) is 9.83. The number of rotatable bonds is 1. The van der Waals surface area contributed by atoms with Crippen LogP contribution in [0.1, 0.15) is 31.7 Å². The summed E-state index contributed by atoms with van der Waals surface area (Å²) in [7, 11) is 0. The molecule has 0 unspecified atom stereocenters. The topological polar surface area (TPSA) is 55.1 Å². The maximum Gasteiger partial charge on any atom is 0.219 e. The first-order valence-corrected chi connectivity index (χ1v) is 5.84. The van der Waals surface area contributed by atoms with E-state index in [4.69, 9.17) is 5.73 Å². The maximum absolute atomic E-state index is 10.4. The summed E-state index contributed by atoms with van der Waals surface area (Å²) in [5, 5.41) is 2.74. The summed E-state index contributed by atoms with van der Waals surface area (Å²) >= 11 is 0. The lowest BCUT2D eigenvalue weighted by Crippen LogP contribution is -2.28. The lowest BCUT2D eigenvalue weighted by Gasteiger charge is -2.08. The second-order valence-corrected chi connectivity index (χ2v) is 3.86. The molecule has 0 aromatic heterocycles. The quantitative estimate of drug-likeness (QED) is 0.712. The zero-order valence-corrected chi connectivity index (χ0v) is 9.83. The van der Waals surface area contributed by atoms with E-state index in [0.717, 1.165) is 37.9 Å². The Hall–Kier alpha value is -1.51. The second-order valence-electron chi connectivity index (χ2n) is 3.86. The van der Waals surface area contributed by atoms with Crippen molar-refractivity contribution in [2.45, 2.75) is 32.6 Å². The summed E-state index contributed by atoms with van der Waals surface area (Å²) in [5.74, 6) is 0.214. The van der Waals surface area contributed by atoms with Gasteiger partial charge in [0.1, 0.15) is 0 Å². The minimum absolute atomic E-state index is 0.214. The molecule has 0 radical (unpaired) electrons. The van der Waals surface area contributed by atoms with Crippen LogP contribution < -0.4 is 11.1 Å². The van der Waals surface area contributed by atoms with E-state index in [-0.39, 0.29) is 5.91 Å². The molecule has 88 valence electrons. The molecule has 0 atom stereocenters. The van der Waals surface area contributed by atoms with Gasteiger partial charge in [-0.25, -0.2) is 0 Å². The van der Waals surface area contributed by atoms with Crippen LogP contribution in [0.4, 0.5) is 5.69 Å². The summed E-state index contributed by atoms with van der Waals surface area (Å²) in [4.78, 5) is 10.4. The molecule has 1 aromatic carbocycles. The highest BCUT2D eigenvalue weighted by molar-refractivity contribution is 5.76. The summed E-state index contributed by atoms with van der Waals surface area (Å²) in [6.45, 7) is 2.99. The number of nitrogen functional groups attached to an aromatic ring is 1. The molecule has 1 aliphatic rings. The van der Waals surface area contributed by atoms with Gasteiger partial charge in [0, 0.05) is 18.7 Å². The number of piperidine rings is 1. The first kappa shape index (κ1) is 12.6. The Morgan fingerprint density at radius 1 is 1.31 bits per heavy atom. The molecule has 3 heteroatoms. The van der Waals surface area contributed by atoms with Crippen LogP contribution in [0.3, 0.4) is 0 Å². The van der Waals surface area contributed by atoms with Crippen LogP contribution in [0, 0.1) is 0 Å². The fourth-order valence-electron chi connectivity index (χ4n) is 1.58. The van der Waals surface area contributed by atoms with Gasteiger partial charge in [0.05, 0.1) is 0 Å². The highest BCUT2D eigenvalue weighted by Gasteiger charge is 2.04. The number of nitrogens with two attached hydrogens (primary N) is 1. The van der Waals surface area contributed by atoms with Gasteiger partial charge in [0.25, 0.3) is 0 Å². The number of carbonyl (C=O) groups excluding carboxylic acids is 1. The van der Waals surface area contributed by atoms with Gasteiger partial charge in [-0.2, -0.15) is 0 Å². The number of anilines is 1. The van der Waals surface area contributed by atoms with E-state index in [1.807, 2.05) is 18.2 Å². The van der Waals surface area contributed by atoms with Gasteiger partial charge in [0.15, 0.2) is 0 Å². The van der Waals surface area contributed by atoms with E-state index in [0.29, 0.717) is 0 Å². The third-order valence-corrected chi connectivity index (χ3v) is 2.59. The predicted octanol–water partition coefficient (Wildman–Crippen LogP) is 2.12. The Balaban J connectivity index is 0.000000165. The van der Waals surface area contributed by atoms with Crippen molar-refractivity contribution < 1.29 is 4.79 Å². The molecule has 0 spiro atoms. The normalized spacial score (nSPS) is 14.7. The molecule has 1 saturated heterocycles. The largest absolute Gasteiger partial charge is 0.399 e. The minimum Gasteiger partial charge on any atom is -0.399 e. The third-order valence-electron chi connectivity index (χ3n) is 2.59. The Labute approximate surface area is 97.0 Å². The van der Waals surface area contributed by atoms with Crippen molar-refractivity contribution in [2.75, 3.05) is 12.3 Å². The Morgan fingerprint density at radius 2 is 2.06 bits per heavy atom. The molecule has 2 rings (SSSR count). The lowest BCUT2D eigenvalue weighted by atomic mass is 10.1. The van der Waals surface area contributed by atoms with Gasteiger partial charge in [-0.15, -0.1) is 0 Å². The van der Waals surface area contributed by atoms with Crippen LogP contribution in [-0.4, -0.2) is 12.5 Å². The molecule has 1 aliphatic heterocycles. The molecule has 1 aromatic rings. The monoisotopic (exact) mass is 220 g/mol. The molecular weight excluding hydrogens is 200 g/mol. The summed E-state index contributed by atoms with van der Waals surface area (Å²) < 4.78 is 0. The number of hydrogen-bond donors (Lipinski definition) is 2. The number of nitrogens with one attached hydrogen (secondary N) is 1. The van der Waals surface area contributed by atoms with Crippen molar-refractivity contribution in [3.63, 3.8) is 0 Å². The summed E-state index contributed by atoms with van der Waals surface area (Å²) in [5.41, 5.74) is 7.77. The SMILES string of the molecule is CCc1ccccc1N.O=C1CCCCN1. The first-order valence-electron chi connectivity index (χ1n) is 5.84. The van der Waals surface area contributed by atoms with Crippen LogP contribution in [0.25, 0.3) is 0 Å². The van der Waals surface area contributed by atoms with Crippen LogP contribution >= 0.6 is 0 Å². The molecule has 16 heavy (non-hydrogen) atoms. The molecule has 1 amide bonds. The highest BCUT2D eigenvalue weighted by atomic mass is 16.1. The summed E-state index contributed by atoms with van der Waals surface area (Å²) in [6.07, 6.45) is 3.99. The fraction of sp³-hybridized carbons (Fsp3) is 0.462. The van der Waals surface area contributed by atoms with Gasteiger partial charge in [-0.3, -0.25) is 4.79 Å². The van der Waals surface area contributed by atoms with Crippen molar-refractivity contribution >= 4 is 11.6 Å². The van der Waals surface area contributed by atoms with E-state index in [1.54, 1.807) is 0 Å². The van der Waals surface area contributed by atoms with E-state index < -0.39 is 0 Å². The van der Waals surface area contributed by atoms with Gasteiger partial charge in [-0.1, -0.05) is 25.1 Å². The second kappa shape index (κ2) is 6.88. The number of para-hydroxylation sites is 1. The van der Waals surface area contributed by atoms with Crippen molar-refractivity contribution in [2.24, 2.45) is 0 Å². The van der Waals surface area contributed by atoms with Gasteiger partial charge >= 0.3 is 0 Å². The smallest absolute Gasteiger partial charge is 0.219 e.